The molecule has 3 aromatic heterocycles. The van der Waals surface area contributed by atoms with Gasteiger partial charge in [0.15, 0.2) is 29.4 Å². The number of aromatic nitrogens is 7. The standard InChI is InChI=1S/C48H65ClF3N9O20P2/c49-48-56-45(35-27-54-61(46(35)57-48)47-43(65)42(64)39(80-47)30-79-83(69,70)31-82(66,67)68)55-38(32-4-2-1-3-5-32)26-40(62)53-7-10-72-13-16-75-20-21-77-22-23-78-29-34-28-60(59-58-34)8-11-73-14-17-76-19-18-74-15-12-71-9-6-41(63)81-44-36(51)24-33(50)25-37(44)52/h1-5,24-25,27-28,38-39,42-43,47,64-65H,6-23,26,29-31H2,(H,53,62)(H,69,70)(H,55,56,57)(H2,66,67,68)/t38-,39-,42-,43-,47-/m1/s1. The first-order valence-electron chi connectivity index (χ1n) is 25.7. The summed E-state index contributed by atoms with van der Waals surface area (Å²) in [6.45, 7) is 4.26. The average molecular weight is 1240 g/mol. The highest BCUT2D eigenvalue weighted by atomic mass is 35.5. The number of hydrogen-bond acceptors (Lipinski definition) is 23. The second kappa shape index (κ2) is 34.7. The number of benzene rings is 2. The number of hydrogen-bond donors (Lipinski definition) is 7. The van der Waals surface area contributed by atoms with E-state index in [0.717, 1.165) is 10.2 Å². The van der Waals surface area contributed by atoms with Gasteiger partial charge in [-0.05, 0) is 17.2 Å². The Morgan fingerprint density at radius 1 is 0.771 bits per heavy atom. The fourth-order valence-electron chi connectivity index (χ4n) is 7.57. The second-order valence-corrected chi connectivity index (χ2v) is 22.2. The van der Waals surface area contributed by atoms with Crippen LogP contribution in [0.1, 0.15) is 36.4 Å². The van der Waals surface area contributed by atoms with E-state index in [-0.39, 0.29) is 87.1 Å². The molecule has 1 unspecified atom stereocenters. The molecule has 0 bridgehead atoms. The average Bonchev–Trinajstić information content (AvgIpc) is 4.36. The monoisotopic (exact) mass is 1240 g/mol. The summed E-state index contributed by atoms with van der Waals surface area (Å²) in [5, 5.41) is 40.1. The number of amides is 1. The van der Waals surface area contributed by atoms with E-state index >= 15 is 0 Å². The number of carbonyl (C=O) groups excluding carboxylic acids is 2. The molecule has 0 aliphatic carbocycles. The fraction of sp³-hybridized carbons (Fsp3) is 0.562. The molecule has 0 spiro atoms. The Kier molecular flexibility index (Phi) is 28.0. The third kappa shape index (κ3) is 23.7. The molecule has 2 aromatic carbocycles. The predicted molar refractivity (Wildman–Crippen MR) is 281 cm³/mol. The first-order valence-corrected chi connectivity index (χ1v) is 29.7. The molecule has 460 valence electrons. The van der Waals surface area contributed by atoms with Crippen molar-refractivity contribution in [2.24, 2.45) is 0 Å². The van der Waals surface area contributed by atoms with Crippen LogP contribution in [0.3, 0.4) is 0 Å². The molecule has 5 aromatic rings. The lowest BCUT2D eigenvalue weighted by Crippen LogP contribution is -2.33. The Morgan fingerprint density at radius 2 is 1.36 bits per heavy atom. The van der Waals surface area contributed by atoms with E-state index < -0.39 is 87.5 Å². The molecule has 1 fully saturated rings. The van der Waals surface area contributed by atoms with Crippen LogP contribution in [0.4, 0.5) is 19.0 Å². The van der Waals surface area contributed by atoms with Crippen molar-refractivity contribution in [3.05, 3.63) is 88.9 Å². The van der Waals surface area contributed by atoms with E-state index in [4.69, 9.17) is 68.5 Å². The minimum atomic E-state index is -4.92. The van der Waals surface area contributed by atoms with Gasteiger partial charge in [-0.25, -0.2) is 22.5 Å². The Morgan fingerprint density at radius 3 is 1.99 bits per heavy atom. The molecule has 1 aliphatic rings. The third-order valence-electron chi connectivity index (χ3n) is 11.4. The summed E-state index contributed by atoms with van der Waals surface area (Å²) >= 11 is 6.34. The van der Waals surface area contributed by atoms with Crippen LogP contribution in [0.2, 0.25) is 5.28 Å². The Labute approximate surface area is 477 Å². The minimum absolute atomic E-state index is 0.0491. The van der Waals surface area contributed by atoms with Gasteiger partial charge >= 0.3 is 21.2 Å². The molecule has 83 heavy (non-hydrogen) atoms. The second-order valence-electron chi connectivity index (χ2n) is 17.8. The van der Waals surface area contributed by atoms with E-state index in [0.29, 0.717) is 90.4 Å². The van der Waals surface area contributed by atoms with Crippen molar-refractivity contribution < 1.29 is 109 Å². The van der Waals surface area contributed by atoms with Crippen molar-refractivity contribution in [1.29, 1.82) is 0 Å². The van der Waals surface area contributed by atoms with Crippen LogP contribution >= 0.6 is 26.8 Å². The zero-order valence-electron chi connectivity index (χ0n) is 44.5. The summed E-state index contributed by atoms with van der Waals surface area (Å²) in [6.07, 6.45) is -3.40. The molecule has 1 aliphatic heterocycles. The van der Waals surface area contributed by atoms with Gasteiger partial charge in [0.1, 0.15) is 35.6 Å². The number of anilines is 1. The summed E-state index contributed by atoms with van der Waals surface area (Å²) in [6, 6.07) is 9.22. The molecule has 6 rings (SSSR count). The topological polar surface area (TPSA) is 369 Å². The molecule has 0 radical (unpaired) electrons. The van der Waals surface area contributed by atoms with E-state index in [1.807, 2.05) is 18.2 Å². The molecule has 35 heteroatoms. The van der Waals surface area contributed by atoms with E-state index in [1.54, 1.807) is 23.0 Å². The van der Waals surface area contributed by atoms with Gasteiger partial charge in [0.25, 0.3) is 0 Å². The molecule has 0 saturated carbocycles. The van der Waals surface area contributed by atoms with E-state index in [1.165, 1.54) is 6.20 Å². The molecule has 4 heterocycles. The van der Waals surface area contributed by atoms with Crippen molar-refractivity contribution in [3.8, 4) is 5.75 Å². The molecule has 6 atom stereocenters. The third-order valence-corrected chi connectivity index (χ3v) is 15.1. The highest BCUT2D eigenvalue weighted by Gasteiger charge is 2.46. The van der Waals surface area contributed by atoms with Gasteiger partial charge in [0.05, 0.1) is 156 Å². The van der Waals surface area contributed by atoms with Crippen LogP contribution < -0.4 is 15.4 Å². The maximum Gasteiger partial charge on any atom is 0.340 e. The minimum Gasteiger partial charge on any atom is -0.420 e. The van der Waals surface area contributed by atoms with Crippen LogP contribution in [-0.4, -0.2) is 208 Å². The van der Waals surface area contributed by atoms with Crippen molar-refractivity contribution in [3.63, 3.8) is 0 Å². The largest absolute Gasteiger partial charge is 0.420 e. The number of fused-ring (bicyclic) bond motifs is 1. The maximum absolute atomic E-state index is 13.6. The molecule has 29 nitrogen and oxygen atoms in total. The van der Waals surface area contributed by atoms with Gasteiger partial charge in [-0.3, -0.25) is 18.7 Å². The van der Waals surface area contributed by atoms with Gasteiger partial charge in [0, 0.05) is 18.7 Å². The lowest BCUT2D eigenvalue weighted by molar-refractivity contribution is -0.136. The van der Waals surface area contributed by atoms with Gasteiger partial charge < -0.3 is 87.4 Å². The number of rotatable bonds is 41. The van der Waals surface area contributed by atoms with Crippen LogP contribution in [-0.2, 0) is 79.0 Å². The fourth-order valence-corrected chi connectivity index (χ4v) is 10.3. The number of aliphatic hydroxyl groups excluding tert-OH is 2. The normalized spacial score (nSPS) is 17.5. The van der Waals surface area contributed by atoms with Crippen molar-refractivity contribution in [1.82, 2.24) is 40.1 Å². The zero-order valence-corrected chi connectivity index (χ0v) is 47.1. The summed E-state index contributed by atoms with van der Waals surface area (Å²) in [5.74, 6) is -7.28. The van der Waals surface area contributed by atoms with Crippen molar-refractivity contribution in [2.45, 2.75) is 56.6 Å². The SMILES string of the molecule is O=C(C[C@@H](Nc1nc(Cl)nc2c1cnn2[C@@H]1O[C@H](COP(=O)(O)CP(=O)(O)O)[C@@H](O)[C@H]1O)c1ccccc1)NCCOCCOCCOCCOCc1cn(CCOCCOCCOCCOCCC(=O)Oc2c(F)cc(F)cc2F)nn1. The Balaban J connectivity index is 0.747. The number of aliphatic hydroxyl groups is 2. The van der Waals surface area contributed by atoms with Crippen LogP contribution in [0.25, 0.3) is 11.0 Å². The summed E-state index contributed by atoms with van der Waals surface area (Å²) in [5.41, 5.74) is 1.42. The summed E-state index contributed by atoms with van der Waals surface area (Å²) in [7, 11) is -9.72. The van der Waals surface area contributed by atoms with Gasteiger partial charge in [-0.15, -0.1) is 5.10 Å². The number of carbonyl (C=O) groups is 2. The van der Waals surface area contributed by atoms with Crippen LogP contribution in [0.15, 0.2) is 54.9 Å². The molecular formula is C48H65ClF3N9O20P2. The summed E-state index contributed by atoms with van der Waals surface area (Å²) < 4.78 is 125. The van der Waals surface area contributed by atoms with Crippen molar-refractivity contribution >= 4 is 55.5 Å². The van der Waals surface area contributed by atoms with Crippen LogP contribution in [0.5, 0.6) is 5.75 Å². The van der Waals surface area contributed by atoms with Crippen molar-refractivity contribution in [2.75, 3.05) is 123 Å². The number of nitrogens with one attached hydrogen (secondary N) is 2. The highest BCUT2D eigenvalue weighted by Crippen LogP contribution is 2.55. The number of ether oxygens (including phenoxy) is 10. The summed E-state index contributed by atoms with van der Waals surface area (Å²) in [4.78, 5) is 61.6. The number of nitrogens with zero attached hydrogens (tertiary/aromatic N) is 7. The maximum atomic E-state index is 13.6. The first-order chi connectivity index (χ1) is 39.9. The Bertz CT molecular complexity index is 2860. The van der Waals surface area contributed by atoms with E-state index in [9.17, 15) is 47.0 Å². The quantitative estimate of drug-likeness (QED) is 0.00971. The van der Waals surface area contributed by atoms with Gasteiger partial charge in [-0.1, -0.05) is 35.5 Å². The van der Waals surface area contributed by atoms with Gasteiger partial charge in [0.2, 0.25) is 16.9 Å². The number of halogens is 4. The molecule has 7 N–H and O–H groups in total. The molecular weight excluding hydrogens is 1180 g/mol. The zero-order chi connectivity index (χ0) is 59.6. The highest BCUT2D eigenvalue weighted by molar-refractivity contribution is 7.70. The first kappa shape index (κ1) is 66.9. The lowest BCUT2D eigenvalue weighted by atomic mass is 10.0. The molecule has 1 amide bonds. The predicted octanol–water partition coefficient (Wildman–Crippen LogP) is 2.43. The van der Waals surface area contributed by atoms with Gasteiger partial charge in [-0.2, -0.15) is 15.1 Å². The Hall–Kier alpha value is -5.19. The van der Waals surface area contributed by atoms with Crippen LogP contribution in [0, 0.1) is 17.5 Å². The molecule has 1 saturated heterocycles. The number of esters is 1. The lowest BCUT2D eigenvalue weighted by Gasteiger charge is -2.20. The van der Waals surface area contributed by atoms with E-state index in [2.05, 4.69) is 40.7 Å². The smallest absolute Gasteiger partial charge is 0.340 e.